The number of ether oxygens (including phenoxy) is 1. The average Bonchev–Trinajstić information content (AvgIpc) is 3.29. The van der Waals surface area contributed by atoms with Crippen LogP contribution < -0.4 is 5.32 Å². The first kappa shape index (κ1) is 31.5. The van der Waals surface area contributed by atoms with Gasteiger partial charge in [-0.25, -0.2) is 4.98 Å². The number of aromatic nitrogens is 1. The van der Waals surface area contributed by atoms with Crippen molar-refractivity contribution in [1.29, 1.82) is 0 Å². The first-order valence-corrected chi connectivity index (χ1v) is 16.5. The van der Waals surface area contributed by atoms with Gasteiger partial charge in [0.15, 0.2) is 0 Å². The van der Waals surface area contributed by atoms with Gasteiger partial charge in [-0.1, -0.05) is 40.2 Å². The van der Waals surface area contributed by atoms with E-state index < -0.39 is 0 Å². The monoisotopic (exact) mass is 554 g/mol. The summed E-state index contributed by atoms with van der Waals surface area (Å²) in [5, 5.41) is 13.2. The molecule has 2 N–H and O–H groups in total. The number of methoxy groups -OCH3 is 1. The van der Waals surface area contributed by atoms with E-state index in [1.807, 2.05) is 18.2 Å². The minimum Gasteiger partial charge on any atom is -0.393 e. The van der Waals surface area contributed by atoms with E-state index in [9.17, 15) is 9.90 Å². The maximum Gasteiger partial charge on any atom is 0.225 e. The predicted octanol–water partition coefficient (Wildman–Crippen LogP) is 8.28. The van der Waals surface area contributed by atoms with Crippen molar-refractivity contribution in [2.75, 3.05) is 12.4 Å². The molecule has 0 radical (unpaired) electrons. The summed E-state index contributed by atoms with van der Waals surface area (Å²) in [5.41, 5.74) is 0.932. The third kappa shape index (κ3) is 6.77. The van der Waals surface area contributed by atoms with E-state index in [1.54, 1.807) is 13.3 Å². The van der Waals surface area contributed by atoms with Crippen molar-refractivity contribution in [1.82, 2.24) is 4.98 Å². The Kier molecular flexibility index (Phi) is 10.8. The Morgan fingerprint density at radius 1 is 1.07 bits per heavy atom. The van der Waals surface area contributed by atoms with Gasteiger partial charge in [0.25, 0.3) is 0 Å². The molecule has 4 saturated carbocycles. The zero-order valence-corrected chi connectivity index (χ0v) is 26.3. The van der Waals surface area contributed by atoms with Crippen LogP contribution in [0.4, 0.5) is 5.82 Å². The number of amides is 1. The summed E-state index contributed by atoms with van der Waals surface area (Å²) < 4.78 is 5.10. The number of anilines is 1. The molecule has 1 aromatic heterocycles. The lowest BCUT2D eigenvalue weighted by Gasteiger charge is -2.61. The fourth-order valence-electron chi connectivity index (χ4n) is 9.53. The van der Waals surface area contributed by atoms with Crippen LogP contribution in [-0.2, 0) is 9.53 Å². The number of fused-ring (bicyclic) bond motifs is 5. The van der Waals surface area contributed by atoms with Gasteiger partial charge in [-0.3, -0.25) is 4.79 Å². The van der Waals surface area contributed by atoms with E-state index in [0.717, 1.165) is 48.9 Å². The lowest BCUT2D eigenvalue weighted by atomic mass is 9.44. The molecule has 1 aromatic rings. The van der Waals surface area contributed by atoms with E-state index in [2.05, 4.69) is 44.9 Å². The number of nitrogens with one attached hydrogen (secondary N) is 1. The Morgan fingerprint density at radius 3 is 2.50 bits per heavy atom. The molecule has 226 valence electrons. The Bertz CT molecular complexity index is 932. The number of carbonyl (C=O) groups excluding carboxylic acids is 1. The van der Waals surface area contributed by atoms with Crippen LogP contribution in [0, 0.1) is 46.3 Å². The molecule has 1 amide bonds. The number of nitrogens with zero attached hydrogens (tertiary/aromatic N) is 1. The van der Waals surface area contributed by atoms with Crippen LogP contribution >= 0.6 is 0 Å². The smallest absolute Gasteiger partial charge is 0.225 e. The van der Waals surface area contributed by atoms with Crippen molar-refractivity contribution in [3.63, 3.8) is 0 Å². The SMILES string of the molecule is CC12CC[C@@H](O)CC1CCC1C2CCC2(C)C1CC[C@@H]2CCCC(=O)Nc1ccccn1.CCC(C)C(C)OC. The maximum atomic E-state index is 12.4. The number of hydrogen-bond donors (Lipinski definition) is 2. The van der Waals surface area contributed by atoms with Gasteiger partial charge in [-0.15, -0.1) is 0 Å². The Labute approximate surface area is 244 Å². The summed E-state index contributed by atoms with van der Waals surface area (Å²) in [5.74, 6) is 5.60. The first-order valence-electron chi connectivity index (χ1n) is 16.5. The number of carbonyl (C=O) groups is 1. The molecule has 10 atom stereocenters. The van der Waals surface area contributed by atoms with Gasteiger partial charge >= 0.3 is 0 Å². The Morgan fingerprint density at radius 2 is 1.82 bits per heavy atom. The van der Waals surface area contributed by atoms with Crippen molar-refractivity contribution in [3.05, 3.63) is 24.4 Å². The summed E-state index contributed by atoms with van der Waals surface area (Å²) >= 11 is 0. The van der Waals surface area contributed by atoms with E-state index in [0.29, 0.717) is 35.1 Å². The number of aliphatic hydroxyl groups excluding tert-OH is 1. The molecule has 0 spiro atoms. The van der Waals surface area contributed by atoms with E-state index in [1.165, 1.54) is 57.8 Å². The second-order valence-corrected chi connectivity index (χ2v) is 14.4. The summed E-state index contributed by atoms with van der Waals surface area (Å²) in [6.45, 7) is 11.7. The van der Waals surface area contributed by atoms with Gasteiger partial charge in [0, 0.05) is 19.7 Å². The van der Waals surface area contributed by atoms with Crippen molar-refractivity contribution >= 4 is 11.7 Å². The van der Waals surface area contributed by atoms with Gasteiger partial charge < -0.3 is 15.2 Å². The molecule has 0 aliphatic heterocycles. The van der Waals surface area contributed by atoms with Gasteiger partial charge in [0.1, 0.15) is 5.82 Å². The van der Waals surface area contributed by atoms with Crippen LogP contribution in [0.1, 0.15) is 118 Å². The summed E-state index contributed by atoms with van der Waals surface area (Å²) in [7, 11) is 1.76. The molecule has 5 heteroatoms. The molecular weight excluding hydrogens is 496 g/mol. The van der Waals surface area contributed by atoms with E-state index in [-0.39, 0.29) is 12.0 Å². The largest absolute Gasteiger partial charge is 0.393 e. The van der Waals surface area contributed by atoms with Crippen molar-refractivity contribution in [2.24, 2.45) is 46.3 Å². The third-order valence-corrected chi connectivity index (χ3v) is 12.5. The molecule has 4 fully saturated rings. The molecule has 0 aromatic carbocycles. The fraction of sp³-hybridized carbons (Fsp3) is 0.829. The quantitative estimate of drug-likeness (QED) is 0.339. The fourth-order valence-corrected chi connectivity index (χ4v) is 9.53. The van der Waals surface area contributed by atoms with Crippen LogP contribution in [0.3, 0.4) is 0 Å². The van der Waals surface area contributed by atoms with Gasteiger partial charge in [-0.05, 0) is 136 Å². The summed E-state index contributed by atoms with van der Waals surface area (Å²) in [6.07, 6.45) is 17.6. The molecule has 4 aliphatic rings. The Hall–Kier alpha value is -1.46. The highest BCUT2D eigenvalue weighted by Crippen LogP contribution is 2.67. The third-order valence-electron chi connectivity index (χ3n) is 12.5. The first-order chi connectivity index (χ1) is 19.1. The summed E-state index contributed by atoms with van der Waals surface area (Å²) in [6, 6.07) is 5.62. The highest BCUT2D eigenvalue weighted by Gasteiger charge is 2.59. The second kappa shape index (κ2) is 13.7. The van der Waals surface area contributed by atoms with Crippen LogP contribution in [0.15, 0.2) is 24.4 Å². The predicted molar refractivity (Wildman–Crippen MR) is 164 cm³/mol. The number of aliphatic hydroxyl groups is 1. The normalized spacial score (nSPS) is 38.1. The minimum atomic E-state index is -0.0517. The van der Waals surface area contributed by atoms with Gasteiger partial charge in [-0.2, -0.15) is 0 Å². The molecule has 4 aliphatic carbocycles. The lowest BCUT2D eigenvalue weighted by molar-refractivity contribution is -0.127. The highest BCUT2D eigenvalue weighted by molar-refractivity contribution is 5.89. The zero-order chi connectivity index (χ0) is 28.9. The number of rotatable bonds is 8. The minimum absolute atomic E-state index is 0.0517. The molecule has 1 heterocycles. The number of hydrogen-bond acceptors (Lipinski definition) is 4. The molecule has 5 nitrogen and oxygen atoms in total. The average molecular weight is 555 g/mol. The lowest BCUT2D eigenvalue weighted by Crippen LogP contribution is -2.53. The van der Waals surface area contributed by atoms with Crippen LogP contribution in [0.5, 0.6) is 0 Å². The van der Waals surface area contributed by atoms with E-state index in [4.69, 9.17) is 4.74 Å². The topological polar surface area (TPSA) is 71.5 Å². The van der Waals surface area contributed by atoms with Crippen LogP contribution in [0.2, 0.25) is 0 Å². The van der Waals surface area contributed by atoms with Crippen molar-refractivity contribution < 1.29 is 14.6 Å². The molecule has 0 bridgehead atoms. The maximum absolute atomic E-state index is 12.4. The van der Waals surface area contributed by atoms with Crippen molar-refractivity contribution in [3.8, 4) is 0 Å². The number of pyridine rings is 1. The summed E-state index contributed by atoms with van der Waals surface area (Å²) in [4.78, 5) is 16.6. The molecule has 0 saturated heterocycles. The highest BCUT2D eigenvalue weighted by atomic mass is 16.5. The van der Waals surface area contributed by atoms with Gasteiger partial charge in [0.2, 0.25) is 5.91 Å². The molecule has 8 unspecified atom stereocenters. The molecular formula is C35H58N2O3. The molecule has 40 heavy (non-hydrogen) atoms. The van der Waals surface area contributed by atoms with Crippen molar-refractivity contribution in [2.45, 2.75) is 130 Å². The second-order valence-electron chi connectivity index (χ2n) is 14.4. The van der Waals surface area contributed by atoms with Gasteiger partial charge in [0.05, 0.1) is 12.2 Å². The van der Waals surface area contributed by atoms with Crippen LogP contribution in [-0.4, -0.2) is 35.3 Å². The molecule has 5 rings (SSSR count). The van der Waals surface area contributed by atoms with E-state index >= 15 is 0 Å². The standard InChI is InChI=1S/C28H42N2O2.C7H16O/c1-27-16-14-24-22(11-9-20-18-21(31)13-15-28(20,24)2)23(27)12-10-19(27)6-5-8-26(32)30-25-7-3-4-17-29-25;1-5-6(2)7(3)8-4/h3-4,7,17,19-24,31H,5-6,8-16,18H2,1-2H3,(H,29,30,32);6-7H,5H2,1-4H3/t19-,20?,21+,22?,23?,24?,27?,28?;/m0./s1. The zero-order valence-electron chi connectivity index (χ0n) is 26.3. The van der Waals surface area contributed by atoms with Crippen LogP contribution in [0.25, 0.3) is 0 Å². The Balaban J connectivity index is 0.000000406.